The van der Waals surface area contributed by atoms with E-state index in [4.69, 9.17) is 0 Å². The third kappa shape index (κ3) is 4.85. The maximum atomic E-state index is 13.6. The molecule has 1 unspecified atom stereocenters. The van der Waals surface area contributed by atoms with Crippen molar-refractivity contribution < 1.29 is 4.39 Å². The predicted molar refractivity (Wildman–Crippen MR) is 97.2 cm³/mol. The second-order valence-corrected chi connectivity index (χ2v) is 6.06. The van der Waals surface area contributed by atoms with Crippen molar-refractivity contribution in [2.45, 2.75) is 33.1 Å². The van der Waals surface area contributed by atoms with Crippen LogP contribution in [0.1, 0.15) is 38.7 Å². The van der Waals surface area contributed by atoms with Crippen LogP contribution in [0.4, 0.5) is 10.1 Å². The quantitative estimate of drug-likeness (QED) is 0.610. The van der Waals surface area contributed by atoms with Gasteiger partial charge in [-0.2, -0.15) is 0 Å². The summed E-state index contributed by atoms with van der Waals surface area (Å²) in [6.45, 7) is 12.3. The lowest BCUT2D eigenvalue weighted by Gasteiger charge is -2.17. The van der Waals surface area contributed by atoms with Crippen LogP contribution in [0.25, 0.3) is 5.57 Å². The van der Waals surface area contributed by atoms with Crippen molar-refractivity contribution in [1.82, 2.24) is 5.32 Å². The average molecular weight is 312 g/mol. The van der Waals surface area contributed by atoms with Gasteiger partial charge in [-0.15, -0.1) is 0 Å². The zero-order valence-corrected chi connectivity index (χ0v) is 14.0. The van der Waals surface area contributed by atoms with Gasteiger partial charge in [0.05, 0.1) is 0 Å². The Balaban J connectivity index is 2.35. The number of nitrogens with one attached hydrogen (secondary N) is 2. The fourth-order valence-corrected chi connectivity index (χ4v) is 2.46. The van der Waals surface area contributed by atoms with E-state index >= 15 is 0 Å². The molecule has 0 fully saturated rings. The molecule has 1 aliphatic heterocycles. The van der Waals surface area contributed by atoms with Crippen molar-refractivity contribution in [2.24, 2.45) is 5.92 Å². The van der Waals surface area contributed by atoms with Gasteiger partial charge in [-0.3, -0.25) is 0 Å². The number of halogens is 1. The van der Waals surface area contributed by atoms with Crippen LogP contribution >= 0.6 is 0 Å². The largest absolute Gasteiger partial charge is 0.365 e. The molecule has 1 heterocycles. The van der Waals surface area contributed by atoms with Crippen LogP contribution in [0.15, 0.2) is 61.1 Å². The summed E-state index contributed by atoms with van der Waals surface area (Å²) in [5.41, 5.74) is 4.57. The van der Waals surface area contributed by atoms with Gasteiger partial charge in [0.2, 0.25) is 0 Å². The number of hydrogen-bond acceptors (Lipinski definition) is 2. The van der Waals surface area contributed by atoms with Gasteiger partial charge in [-0.25, -0.2) is 4.39 Å². The Morgan fingerprint density at radius 1 is 1.22 bits per heavy atom. The molecule has 0 aromatic heterocycles. The summed E-state index contributed by atoms with van der Waals surface area (Å²) in [5, 5.41) is 6.51. The Kier molecular flexibility index (Phi) is 5.80. The van der Waals surface area contributed by atoms with Gasteiger partial charge >= 0.3 is 0 Å². The Hall–Kier alpha value is -2.29. The number of hydrogen-bond donors (Lipinski definition) is 2. The molecule has 0 bridgehead atoms. The number of rotatable bonds is 0. The lowest BCUT2D eigenvalue weighted by Crippen LogP contribution is -2.12. The maximum Gasteiger partial charge on any atom is 0.125 e. The number of allylic oxidation sites excluding steroid dienone is 5. The number of benzene rings is 1. The molecule has 0 saturated heterocycles. The molecule has 2 rings (SSSR count). The summed E-state index contributed by atoms with van der Waals surface area (Å²) < 4.78 is 13.6. The molecule has 122 valence electrons. The van der Waals surface area contributed by atoms with Gasteiger partial charge in [0.25, 0.3) is 0 Å². The highest BCUT2D eigenvalue weighted by Gasteiger charge is 2.09. The van der Waals surface area contributed by atoms with Gasteiger partial charge in [0.15, 0.2) is 0 Å². The molecule has 1 aliphatic rings. The van der Waals surface area contributed by atoms with Gasteiger partial charge in [0, 0.05) is 28.8 Å². The lowest BCUT2D eigenvalue weighted by atomic mass is 10.0. The molecule has 3 heteroatoms. The molecular weight excluding hydrogens is 287 g/mol. The Labute approximate surface area is 138 Å². The molecule has 2 N–H and O–H groups in total. The van der Waals surface area contributed by atoms with E-state index in [9.17, 15) is 4.39 Å². The molecule has 23 heavy (non-hydrogen) atoms. The summed E-state index contributed by atoms with van der Waals surface area (Å²) in [6.07, 6.45) is 8.97. The summed E-state index contributed by atoms with van der Waals surface area (Å²) >= 11 is 0. The molecule has 0 spiro atoms. The highest BCUT2D eigenvalue weighted by Crippen LogP contribution is 2.26. The third-order valence-electron chi connectivity index (χ3n) is 4.06. The van der Waals surface area contributed by atoms with E-state index in [1.54, 1.807) is 6.07 Å². The molecule has 0 saturated carbocycles. The molecule has 1 aromatic carbocycles. The zero-order valence-electron chi connectivity index (χ0n) is 14.0. The van der Waals surface area contributed by atoms with Gasteiger partial charge in [-0.05, 0) is 55.9 Å². The smallest absolute Gasteiger partial charge is 0.125 e. The minimum atomic E-state index is -0.260. The van der Waals surface area contributed by atoms with E-state index in [0.717, 1.165) is 47.5 Å². The van der Waals surface area contributed by atoms with Crippen molar-refractivity contribution in [3.05, 3.63) is 72.5 Å². The maximum absolute atomic E-state index is 13.6. The van der Waals surface area contributed by atoms with Crippen molar-refractivity contribution in [2.75, 3.05) is 5.32 Å². The van der Waals surface area contributed by atoms with Crippen molar-refractivity contribution in [3.63, 3.8) is 0 Å². The number of anilines is 1. The van der Waals surface area contributed by atoms with E-state index in [1.807, 2.05) is 13.1 Å². The van der Waals surface area contributed by atoms with Crippen LogP contribution in [0.5, 0.6) is 0 Å². The van der Waals surface area contributed by atoms with Crippen molar-refractivity contribution in [1.29, 1.82) is 0 Å². The van der Waals surface area contributed by atoms with Crippen molar-refractivity contribution in [3.8, 4) is 0 Å². The normalized spacial score (nSPS) is 22.2. The minimum absolute atomic E-state index is 0.260. The second-order valence-electron chi connectivity index (χ2n) is 6.06. The summed E-state index contributed by atoms with van der Waals surface area (Å²) in [4.78, 5) is 0. The van der Waals surface area contributed by atoms with Gasteiger partial charge in [-0.1, -0.05) is 32.2 Å². The predicted octanol–water partition coefficient (Wildman–Crippen LogP) is 5.59. The molecule has 0 radical (unpaired) electrons. The summed E-state index contributed by atoms with van der Waals surface area (Å²) in [6, 6.07) is 4.78. The van der Waals surface area contributed by atoms with E-state index in [0.29, 0.717) is 5.92 Å². The highest BCUT2D eigenvalue weighted by molar-refractivity contribution is 5.76. The van der Waals surface area contributed by atoms with Crippen LogP contribution in [0.2, 0.25) is 0 Å². The van der Waals surface area contributed by atoms with E-state index in [2.05, 4.69) is 42.9 Å². The Bertz CT molecular complexity index is 656. The van der Waals surface area contributed by atoms with Crippen LogP contribution in [0.3, 0.4) is 0 Å². The minimum Gasteiger partial charge on any atom is -0.365 e. The molecular formula is C20H25FN2. The van der Waals surface area contributed by atoms with Gasteiger partial charge < -0.3 is 10.6 Å². The Morgan fingerprint density at radius 3 is 2.78 bits per heavy atom. The monoisotopic (exact) mass is 312 g/mol. The average Bonchev–Trinajstić information content (AvgIpc) is 2.51. The summed E-state index contributed by atoms with van der Waals surface area (Å²) in [5.74, 6) is 0.0936. The van der Waals surface area contributed by atoms with E-state index in [-0.39, 0.29) is 5.82 Å². The molecule has 1 atom stereocenters. The first-order valence-electron chi connectivity index (χ1n) is 7.99. The first-order chi connectivity index (χ1) is 11.0. The van der Waals surface area contributed by atoms with E-state index < -0.39 is 0 Å². The lowest BCUT2D eigenvalue weighted by molar-refractivity contribution is 0.628. The van der Waals surface area contributed by atoms with Crippen LogP contribution < -0.4 is 10.6 Å². The third-order valence-corrected chi connectivity index (χ3v) is 4.06. The standard InChI is InChI=1S/C20H25FN2/c1-14-8-6-5-7-9-16(3)23-20-12-18(21)10-11-19(20)15(2)13-22-17(14)4/h5-6,10-14,22-23H,3-4,7-9H2,1-2H3/b6-5?,15-13+. The molecule has 0 aliphatic carbocycles. The van der Waals surface area contributed by atoms with Crippen LogP contribution in [-0.4, -0.2) is 0 Å². The molecule has 1 aromatic rings. The highest BCUT2D eigenvalue weighted by atomic mass is 19.1. The van der Waals surface area contributed by atoms with Crippen LogP contribution in [0, 0.1) is 11.7 Å². The first-order valence-corrected chi connectivity index (χ1v) is 7.99. The number of fused-ring (bicyclic) bond motifs is 1. The fraction of sp³-hybridized carbons (Fsp3) is 0.300. The topological polar surface area (TPSA) is 24.1 Å². The van der Waals surface area contributed by atoms with Crippen molar-refractivity contribution >= 4 is 11.3 Å². The Morgan fingerprint density at radius 2 is 2.00 bits per heavy atom. The zero-order chi connectivity index (χ0) is 16.8. The fourth-order valence-electron chi connectivity index (χ4n) is 2.46. The molecule has 2 nitrogen and oxygen atoms in total. The van der Waals surface area contributed by atoms with Crippen LogP contribution in [-0.2, 0) is 0 Å². The van der Waals surface area contributed by atoms with E-state index in [1.165, 1.54) is 12.1 Å². The SMILES string of the molecule is C=C1CCC=CCC(C)C(=C)N/C=C(\C)c2ccc(F)cc2N1. The summed E-state index contributed by atoms with van der Waals surface area (Å²) in [7, 11) is 0. The second kappa shape index (κ2) is 7.82. The molecule has 0 amide bonds. The first kappa shape index (κ1) is 17.1. The van der Waals surface area contributed by atoms with Gasteiger partial charge in [0.1, 0.15) is 5.82 Å².